The number of ether oxygens (including phenoxy) is 4. The van der Waals surface area contributed by atoms with Gasteiger partial charge < -0.3 is 29.2 Å². The zero-order valence-corrected chi connectivity index (χ0v) is 16.3. The molecule has 0 amide bonds. The number of hydrogen-bond donors (Lipinski definition) is 2. The van der Waals surface area contributed by atoms with Crippen LogP contribution < -0.4 is 0 Å². The lowest BCUT2D eigenvalue weighted by molar-refractivity contribution is -0.357. The number of fused-ring (bicyclic) bond motifs is 1. The first-order valence-electron chi connectivity index (χ1n) is 8.90. The summed E-state index contributed by atoms with van der Waals surface area (Å²) in [6, 6.07) is 17.8. The van der Waals surface area contributed by atoms with Crippen LogP contribution in [0.5, 0.6) is 0 Å². The van der Waals surface area contributed by atoms with Gasteiger partial charge in [0.2, 0.25) is 0 Å². The normalized spacial score (nSPS) is 38.9. The standard InChI is InChI=1S/C20H20Cl2O6/c21-19(13-7-3-1-4-8-13)25-11-15(23)17(24)18-16(27-19)12-26-20(22,28-18)14-9-5-2-6-10-14/h1-10,15-18,23-24H,11-12H2/t15-,16+,17+,18+,19?,20?/m0/s1. The molecule has 4 rings (SSSR count). The largest absolute Gasteiger partial charge is 0.388 e. The third kappa shape index (κ3) is 3.79. The zero-order chi connectivity index (χ0) is 19.8. The van der Waals surface area contributed by atoms with E-state index in [9.17, 15) is 10.2 Å². The molecule has 150 valence electrons. The minimum Gasteiger partial charge on any atom is -0.388 e. The molecule has 2 saturated heterocycles. The van der Waals surface area contributed by atoms with E-state index in [0.29, 0.717) is 11.1 Å². The molecular weight excluding hydrogens is 407 g/mol. The van der Waals surface area contributed by atoms with Crippen molar-refractivity contribution in [2.75, 3.05) is 13.2 Å². The summed E-state index contributed by atoms with van der Waals surface area (Å²) in [5.41, 5.74) is 1.11. The van der Waals surface area contributed by atoms with E-state index in [1.165, 1.54) is 0 Å². The maximum Gasteiger partial charge on any atom is 0.276 e. The Morgan fingerprint density at radius 1 is 0.750 bits per heavy atom. The highest BCUT2D eigenvalue weighted by Gasteiger charge is 2.52. The van der Waals surface area contributed by atoms with E-state index in [-0.39, 0.29) is 13.2 Å². The van der Waals surface area contributed by atoms with Gasteiger partial charge in [-0.1, -0.05) is 83.9 Å². The summed E-state index contributed by atoms with van der Waals surface area (Å²) in [6.45, 7) is -0.287. The van der Waals surface area contributed by atoms with Crippen LogP contribution in [0.4, 0.5) is 0 Å². The fraction of sp³-hybridized carbons (Fsp3) is 0.400. The van der Waals surface area contributed by atoms with Crippen LogP contribution in [-0.2, 0) is 29.4 Å². The lowest BCUT2D eigenvalue weighted by Crippen LogP contribution is -2.60. The molecule has 0 spiro atoms. The van der Waals surface area contributed by atoms with Crippen molar-refractivity contribution in [2.45, 2.75) is 34.9 Å². The van der Waals surface area contributed by atoms with Crippen LogP contribution in [0.2, 0.25) is 0 Å². The lowest BCUT2D eigenvalue weighted by Gasteiger charge is -2.47. The Kier molecular flexibility index (Phi) is 5.66. The number of alkyl halides is 2. The molecule has 0 radical (unpaired) electrons. The molecule has 2 aromatic rings. The van der Waals surface area contributed by atoms with Gasteiger partial charge in [-0.05, 0) is 0 Å². The average molecular weight is 427 g/mol. The number of aliphatic hydroxyl groups excluding tert-OH is 2. The van der Waals surface area contributed by atoms with Crippen LogP contribution in [0.15, 0.2) is 60.7 Å². The van der Waals surface area contributed by atoms with Gasteiger partial charge in [0.05, 0.1) is 13.2 Å². The third-order valence-corrected chi connectivity index (χ3v) is 5.63. The predicted molar refractivity (Wildman–Crippen MR) is 102 cm³/mol. The van der Waals surface area contributed by atoms with E-state index in [0.717, 1.165) is 0 Å². The Bertz CT molecular complexity index is 794. The fourth-order valence-electron chi connectivity index (χ4n) is 3.28. The third-order valence-electron chi connectivity index (χ3n) is 4.80. The van der Waals surface area contributed by atoms with Crippen molar-refractivity contribution in [3.63, 3.8) is 0 Å². The Labute approximate surface area is 172 Å². The van der Waals surface area contributed by atoms with Crippen molar-refractivity contribution >= 4 is 23.2 Å². The van der Waals surface area contributed by atoms with Crippen molar-refractivity contribution < 1.29 is 29.2 Å². The van der Waals surface area contributed by atoms with Gasteiger partial charge in [0, 0.05) is 11.1 Å². The summed E-state index contributed by atoms with van der Waals surface area (Å²) in [6.07, 6.45) is -4.40. The summed E-state index contributed by atoms with van der Waals surface area (Å²) in [7, 11) is 0. The number of benzene rings is 2. The molecule has 0 aliphatic carbocycles. The van der Waals surface area contributed by atoms with E-state index in [1.54, 1.807) is 48.5 Å². The minimum atomic E-state index is -1.67. The molecule has 2 fully saturated rings. The second kappa shape index (κ2) is 7.89. The van der Waals surface area contributed by atoms with E-state index in [4.69, 9.17) is 42.1 Å². The first kappa shape index (κ1) is 20.1. The smallest absolute Gasteiger partial charge is 0.276 e. The second-order valence-corrected chi connectivity index (χ2v) is 7.72. The molecule has 2 unspecified atom stereocenters. The number of halogens is 2. The molecule has 6 atom stereocenters. The quantitative estimate of drug-likeness (QED) is 0.718. The van der Waals surface area contributed by atoms with Gasteiger partial charge in [-0.2, -0.15) is 0 Å². The number of rotatable bonds is 2. The van der Waals surface area contributed by atoms with Crippen molar-refractivity contribution in [1.82, 2.24) is 0 Å². The summed E-state index contributed by atoms with van der Waals surface area (Å²) < 4.78 is 23.2. The number of aliphatic hydroxyl groups is 2. The Morgan fingerprint density at radius 2 is 1.25 bits per heavy atom. The van der Waals surface area contributed by atoms with Gasteiger partial charge >= 0.3 is 0 Å². The highest BCUT2D eigenvalue weighted by Crippen LogP contribution is 2.43. The van der Waals surface area contributed by atoms with Crippen molar-refractivity contribution in [3.8, 4) is 0 Å². The molecule has 2 aliphatic heterocycles. The van der Waals surface area contributed by atoms with Crippen LogP contribution >= 0.6 is 23.2 Å². The first-order valence-corrected chi connectivity index (χ1v) is 9.65. The summed E-state index contributed by atoms with van der Waals surface area (Å²) >= 11 is 13.2. The lowest BCUT2D eigenvalue weighted by atomic mass is 10.0. The highest BCUT2D eigenvalue weighted by molar-refractivity contribution is 6.22. The molecule has 0 saturated carbocycles. The maximum absolute atomic E-state index is 10.6. The Hall–Kier alpha value is -1.22. The minimum absolute atomic E-state index is 0.0303. The van der Waals surface area contributed by atoms with Crippen molar-refractivity contribution in [3.05, 3.63) is 71.8 Å². The van der Waals surface area contributed by atoms with E-state index in [2.05, 4.69) is 0 Å². The SMILES string of the molecule is O[C@H]1[C@@H]2OC(Cl)(c3ccccc3)OC[C@H]2OC(Cl)(c2ccccc2)OC[C@@H]1O. The van der Waals surface area contributed by atoms with E-state index < -0.39 is 34.9 Å². The van der Waals surface area contributed by atoms with Gasteiger partial charge in [0.25, 0.3) is 10.5 Å². The molecule has 0 aromatic heterocycles. The van der Waals surface area contributed by atoms with Crippen LogP contribution in [0, 0.1) is 0 Å². The first-order chi connectivity index (χ1) is 13.4. The molecule has 8 heteroatoms. The fourth-order valence-corrected chi connectivity index (χ4v) is 3.87. The van der Waals surface area contributed by atoms with Gasteiger partial charge in [-0.15, -0.1) is 0 Å². The second-order valence-electron chi connectivity index (χ2n) is 6.72. The molecule has 2 aliphatic rings. The highest BCUT2D eigenvalue weighted by atomic mass is 35.5. The van der Waals surface area contributed by atoms with E-state index >= 15 is 0 Å². The van der Waals surface area contributed by atoms with Gasteiger partial charge in [-0.3, -0.25) is 0 Å². The van der Waals surface area contributed by atoms with Crippen LogP contribution in [0.25, 0.3) is 0 Å². The predicted octanol–water partition coefficient (Wildman–Crippen LogP) is 2.64. The van der Waals surface area contributed by atoms with Crippen LogP contribution in [0.1, 0.15) is 11.1 Å². The molecule has 2 aromatic carbocycles. The van der Waals surface area contributed by atoms with Gasteiger partial charge in [0.1, 0.15) is 24.4 Å². The maximum atomic E-state index is 10.6. The molecule has 28 heavy (non-hydrogen) atoms. The molecule has 2 heterocycles. The number of hydrogen-bond acceptors (Lipinski definition) is 6. The van der Waals surface area contributed by atoms with Gasteiger partial charge in [-0.25, -0.2) is 0 Å². The van der Waals surface area contributed by atoms with Gasteiger partial charge in [0.15, 0.2) is 0 Å². The van der Waals surface area contributed by atoms with Crippen molar-refractivity contribution in [1.29, 1.82) is 0 Å². The van der Waals surface area contributed by atoms with E-state index in [1.807, 2.05) is 12.1 Å². The molecular formula is C20H20Cl2O6. The summed E-state index contributed by atoms with van der Waals surface area (Å²) in [4.78, 5) is 0. The average Bonchev–Trinajstić information content (AvgIpc) is 2.73. The molecule has 0 bridgehead atoms. The Balaban J connectivity index is 1.64. The van der Waals surface area contributed by atoms with Crippen LogP contribution in [-0.4, -0.2) is 47.8 Å². The molecule has 6 nitrogen and oxygen atoms in total. The van der Waals surface area contributed by atoms with Crippen molar-refractivity contribution in [2.24, 2.45) is 0 Å². The summed E-state index contributed by atoms with van der Waals surface area (Å²) in [5, 5.41) is 17.7. The Morgan fingerprint density at radius 3 is 1.82 bits per heavy atom. The zero-order valence-electron chi connectivity index (χ0n) is 14.8. The summed E-state index contributed by atoms with van der Waals surface area (Å²) in [5.74, 6) is 0. The van der Waals surface area contributed by atoms with Crippen LogP contribution in [0.3, 0.4) is 0 Å². The topological polar surface area (TPSA) is 77.4 Å². The molecule has 2 N–H and O–H groups in total. The monoisotopic (exact) mass is 426 g/mol.